The minimum Gasteiger partial charge on any atom is -0.368 e. The van der Waals surface area contributed by atoms with Gasteiger partial charge in [-0.25, -0.2) is 0 Å². The molecule has 21 heavy (non-hydrogen) atoms. The van der Waals surface area contributed by atoms with E-state index in [2.05, 4.69) is 38.2 Å². The number of rotatable bonds is 2. The number of hydrogen-bond acceptors (Lipinski definition) is 7. The van der Waals surface area contributed by atoms with Crippen molar-refractivity contribution in [1.82, 2.24) is 24.6 Å². The first-order valence-electron chi connectivity index (χ1n) is 6.18. The molecule has 0 saturated carbocycles. The third-order valence-electron chi connectivity index (χ3n) is 3.04. The normalized spacial score (nSPS) is 11.5. The van der Waals surface area contributed by atoms with Crippen molar-refractivity contribution < 1.29 is 0 Å². The van der Waals surface area contributed by atoms with Crippen LogP contribution in [0, 0.1) is 0 Å². The Balaban J connectivity index is 1.91. The van der Waals surface area contributed by atoms with E-state index in [1.54, 1.807) is 11.3 Å². The Labute approximate surface area is 128 Å². The van der Waals surface area contributed by atoms with Gasteiger partial charge < -0.3 is 5.73 Å². The van der Waals surface area contributed by atoms with Crippen LogP contribution in [-0.4, -0.2) is 30.8 Å². The van der Waals surface area contributed by atoms with Gasteiger partial charge in [0, 0.05) is 4.70 Å². The van der Waals surface area contributed by atoms with Crippen LogP contribution in [0.2, 0.25) is 0 Å². The zero-order chi connectivity index (χ0) is 14.4. The molecular weight excluding hydrogens is 304 g/mol. The molecule has 2 N–H and O–H groups in total. The average Bonchev–Trinajstić information content (AvgIpc) is 3.10. The van der Waals surface area contributed by atoms with Crippen LogP contribution in [0.5, 0.6) is 0 Å². The van der Waals surface area contributed by atoms with Crippen LogP contribution in [0.25, 0.3) is 26.6 Å². The lowest BCUT2D eigenvalue weighted by Gasteiger charge is -1.97. The van der Waals surface area contributed by atoms with Gasteiger partial charge in [0.1, 0.15) is 0 Å². The summed E-state index contributed by atoms with van der Waals surface area (Å²) in [5, 5.41) is 6.18. The van der Waals surface area contributed by atoms with Gasteiger partial charge in [0.25, 0.3) is 5.78 Å². The van der Waals surface area contributed by atoms with Crippen molar-refractivity contribution in [2.45, 2.75) is 5.16 Å². The lowest BCUT2D eigenvalue weighted by Crippen LogP contribution is -2.04. The molecule has 3 aromatic heterocycles. The lowest BCUT2D eigenvalue weighted by atomic mass is 10.2. The number of nitrogens with zero attached hydrogens (tertiary/aromatic N) is 5. The Morgan fingerprint density at radius 3 is 2.86 bits per heavy atom. The van der Waals surface area contributed by atoms with Crippen LogP contribution in [0.1, 0.15) is 0 Å². The van der Waals surface area contributed by atoms with Crippen LogP contribution in [0.3, 0.4) is 0 Å². The molecule has 0 amide bonds. The molecule has 4 aromatic rings. The highest BCUT2D eigenvalue weighted by molar-refractivity contribution is 7.98. The molecule has 0 unspecified atom stereocenters. The van der Waals surface area contributed by atoms with Crippen molar-refractivity contribution in [3.8, 4) is 10.7 Å². The van der Waals surface area contributed by atoms with Crippen molar-refractivity contribution in [2.75, 3.05) is 12.0 Å². The molecular formula is C13H10N6S2. The SMILES string of the molecule is CSc1nc(N)n2nc(-c3cc4ccccc4s3)nc2n1. The maximum Gasteiger partial charge on any atom is 0.258 e. The molecule has 0 aliphatic rings. The second-order valence-electron chi connectivity index (χ2n) is 4.36. The second kappa shape index (κ2) is 4.68. The molecule has 0 aliphatic carbocycles. The molecule has 0 bridgehead atoms. The molecule has 1 aromatic carbocycles. The highest BCUT2D eigenvalue weighted by atomic mass is 32.2. The second-order valence-corrected chi connectivity index (χ2v) is 6.22. The van der Waals surface area contributed by atoms with Crippen molar-refractivity contribution in [3.05, 3.63) is 30.3 Å². The predicted molar refractivity (Wildman–Crippen MR) is 85.6 cm³/mol. The summed E-state index contributed by atoms with van der Waals surface area (Å²) in [6.45, 7) is 0. The van der Waals surface area contributed by atoms with Crippen LogP contribution < -0.4 is 5.73 Å². The van der Waals surface area contributed by atoms with E-state index in [0.29, 0.717) is 22.7 Å². The Hall–Kier alpha value is -2.19. The summed E-state index contributed by atoms with van der Waals surface area (Å²) in [6, 6.07) is 10.3. The largest absolute Gasteiger partial charge is 0.368 e. The van der Waals surface area contributed by atoms with Crippen LogP contribution in [0.4, 0.5) is 5.95 Å². The topological polar surface area (TPSA) is 82.0 Å². The molecule has 0 saturated heterocycles. The minimum atomic E-state index is 0.296. The van der Waals surface area contributed by atoms with E-state index in [9.17, 15) is 0 Å². The van der Waals surface area contributed by atoms with E-state index in [-0.39, 0.29) is 0 Å². The zero-order valence-corrected chi connectivity index (χ0v) is 12.6. The number of anilines is 1. The van der Waals surface area contributed by atoms with Crippen LogP contribution >= 0.6 is 23.1 Å². The number of nitrogens with two attached hydrogens (primary N) is 1. The molecule has 3 heterocycles. The third-order valence-corrected chi connectivity index (χ3v) is 4.70. The van der Waals surface area contributed by atoms with E-state index in [1.807, 2.05) is 18.4 Å². The summed E-state index contributed by atoms with van der Waals surface area (Å²) in [5.74, 6) is 1.39. The van der Waals surface area contributed by atoms with Crippen molar-refractivity contribution in [2.24, 2.45) is 0 Å². The summed E-state index contributed by atoms with van der Waals surface area (Å²) >= 11 is 3.07. The van der Waals surface area contributed by atoms with E-state index in [0.717, 1.165) is 4.88 Å². The van der Waals surface area contributed by atoms with Gasteiger partial charge in [-0.3, -0.25) is 0 Å². The fourth-order valence-electron chi connectivity index (χ4n) is 2.07. The van der Waals surface area contributed by atoms with Crippen LogP contribution in [0.15, 0.2) is 35.5 Å². The Bertz CT molecular complexity index is 925. The molecule has 6 nitrogen and oxygen atoms in total. The zero-order valence-electron chi connectivity index (χ0n) is 11.0. The molecule has 0 spiro atoms. The first-order chi connectivity index (χ1) is 10.2. The molecule has 4 rings (SSSR count). The quantitative estimate of drug-likeness (QED) is 0.573. The van der Waals surface area contributed by atoms with Crippen molar-refractivity contribution in [3.63, 3.8) is 0 Å². The first-order valence-corrected chi connectivity index (χ1v) is 8.22. The fraction of sp³-hybridized carbons (Fsp3) is 0.0769. The standard InChI is InChI=1S/C13H10N6S2/c1-20-13-16-11(14)19-12(17-13)15-10(18-19)9-6-7-4-2-3-5-8(7)21-9/h2-6H,1H3,(H2,14,15,16,17,18). The number of hydrogen-bond donors (Lipinski definition) is 1. The summed E-state index contributed by atoms with van der Waals surface area (Å²) in [6.07, 6.45) is 1.90. The molecule has 0 fully saturated rings. The summed E-state index contributed by atoms with van der Waals surface area (Å²) in [5.41, 5.74) is 5.90. The van der Waals surface area contributed by atoms with Gasteiger partial charge in [-0.2, -0.15) is 19.5 Å². The molecule has 8 heteroatoms. The van der Waals surface area contributed by atoms with Crippen LogP contribution in [-0.2, 0) is 0 Å². The summed E-state index contributed by atoms with van der Waals surface area (Å²) in [7, 11) is 0. The van der Waals surface area contributed by atoms with Gasteiger partial charge >= 0.3 is 0 Å². The summed E-state index contributed by atoms with van der Waals surface area (Å²) in [4.78, 5) is 13.9. The number of thioether (sulfide) groups is 1. The number of fused-ring (bicyclic) bond motifs is 2. The Morgan fingerprint density at radius 2 is 2.05 bits per heavy atom. The number of benzene rings is 1. The van der Waals surface area contributed by atoms with E-state index in [1.165, 1.54) is 26.4 Å². The molecule has 0 aliphatic heterocycles. The molecule has 104 valence electrons. The van der Waals surface area contributed by atoms with Gasteiger partial charge in [0.05, 0.1) is 4.88 Å². The fourth-order valence-corrected chi connectivity index (χ4v) is 3.42. The number of nitrogen functional groups attached to an aromatic ring is 1. The maximum atomic E-state index is 5.90. The monoisotopic (exact) mass is 314 g/mol. The van der Waals surface area contributed by atoms with Gasteiger partial charge in [0.2, 0.25) is 5.95 Å². The highest BCUT2D eigenvalue weighted by Crippen LogP contribution is 2.31. The number of thiophene rings is 1. The van der Waals surface area contributed by atoms with E-state index >= 15 is 0 Å². The van der Waals surface area contributed by atoms with Crippen molar-refractivity contribution in [1.29, 1.82) is 0 Å². The summed E-state index contributed by atoms with van der Waals surface area (Å²) < 4.78 is 2.68. The van der Waals surface area contributed by atoms with E-state index < -0.39 is 0 Å². The minimum absolute atomic E-state index is 0.296. The van der Waals surface area contributed by atoms with Crippen molar-refractivity contribution >= 4 is 44.9 Å². The Morgan fingerprint density at radius 1 is 1.19 bits per heavy atom. The average molecular weight is 314 g/mol. The molecule has 0 radical (unpaired) electrons. The first kappa shape index (κ1) is 12.5. The smallest absolute Gasteiger partial charge is 0.258 e. The van der Waals surface area contributed by atoms with Gasteiger partial charge in [-0.05, 0) is 23.8 Å². The maximum absolute atomic E-state index is 5.90. The Kier molecular flexibility index (Phi) is 2.79. The predicted octanol–water partition coefficient (Wildman–Crippen LogP) is 2.71. The highest BCUT2D eigenvalue weighted by Gasteiger charge is 2.13. The molecule has 0 atom stereocenters. The van der Waals surface area contributed by atoms with Gasteiger partial charge in [-0.15, -0.1) is 16.4 Å². The third kappa shape index (κ3) is 2.03. The van der Waals surface area contributed by atoms with E-state index in [4.69, 9.17) is 5.73 Å². The lowest BCUT2D eigenvalue weighted by molar-refractivity contribution is 0.851. The van der Waals surface area contributed by atoms with Gasteiger partial charge in [-0.1, -0.05) is 30.0 Å². The van der Waals surface area contributed by atoms with Gasteiger partial charge in [0.15, 0.2) is 11.0 Å². The number of aromatic nitrogens is 5.